The molecule has 0 amide bonds. The highest BCUT2D eigenvalue weighted by molar-refractivity contribution is 9.10. The lowest BCUT2D eigenvalue weighted by molar-refractivity contribution is 0.299. The van der Waals surface area contributed by atoms with E-state index in [0.29, 0.717) is 12.6 Å². The summed E-state index contributed by atoms with van der Waals surface area (Å²) in [5.74, 6) is 0. The lowest BCUT2D eigenvalue weighted by atomic mass is 10.1. The second-order valence-corrected chi connectivity index (χ2v) is 6.31. The van der Waals surface area contributed by atoms with Gasteiger partial charge in [0.15, 0.2) is 0 Å². The number of anilines is 1. The highest BCUT2D eigenvalue weighted by Crippen LogP contribution is 2.29. The van der Waals surface area contributed by atoms with Crippen LogP contribution < -0.4 is 10.2 Å². The van der Waals surface area contributed by atoms with Crippen molar-refractivity contribution in [1.82, 2.24) is 5.32 Å². The first kappa shape index (κ1) is 14.8. The Kier molecular flexibility index (Phi) is 5.25. The smallest absolute Gasteiger partial charge is 0.0606 e. The van der Waals surface area contributed by atoms with Crippen LogP contribution in [0.15, 0.2) is 22.7 Å². The normalized spacial score (nSPS) is 15.0. The van der Waals surface area contributed by atoms with E-state index in [1.54, 1.807) is 0 Å². The molecule has 0 aliphatic heterocycles. The molecule has 19 heavy (non-hydrogen) atoms. The predicted octanol–water partition coefficient (Wildman–Crippen LogP) is 2.91. The quantitative estimate of drug-likeness (QED) is 0.808. The molecule has 106 valence electrons. The predicted molar refractivity (Wildman–Crippen MR) is 83.6 cm³/mol. The fraction of sp³-hybridized carbons (Fsp3) is 0.600. The zero-order valence-electron chi connectivity index (χ0n) is 11.7. The van der Waals surface area contributed by atoms with Crippen molar-refractivity contribution in [3.63, 3.8) is 0 Å². The van der Waals surface area contributed by atoms with Gasteiger partial charge in [0.05, 0.1) is 12.3 Å². The van der Waals surface area contributed by atoms with Gasteiger partial charge in [-0.3, -0.25) is 0 Å². The Morgan fingerprint density at radius 1 is 1.42 bits per heavy atom. The van der Waals surface area contributed by atoms with Crippen molar-refractivity contribution in [1.29, 1.82) is 0 Å². The third-order valence-electron chi connectivity index (χ3n) is 3.46. The van der Waals surface area contributed by atoms with Gasteiger partial charge in [0.1, 0.15) is 0 Å². The molecule has 0 aromatic heterocycles. The van der Waals surface area contributed by atoms with E-state index in [4.69, 9.17) is 0 Å². The fourth-order valence-corrected chi connectivity index (χ4v) is 2.86. The third kappa shape index (κ3) is 4.20. The Labute approximate surface area is 124 Å². The van der Waals surface area contributed by atoms with Crippen LogP contribution in [0.25, 0.3) is 0 Å². The summed E-state index contributed by atoms with van der Waals surface area (Å²) < 4.78 is 1.10. The first-order valence-corrected chi connectivity index (χ1v) is 7.80. The molecular weight excluding hydrogens is 304 g/mol. The van der Waals surface area contributed by atoms with E-state index in [1.807, 2.05) is 0 Å². The number of nitrogens with zero attached hydrogens (tertiary/aromatic N) is 1. The van der Waals surface area contributed by atoms with E-state index in [2.05, 4.69) is 58.2 Å². The number of aliphatic hydroxyl groups excluding tert-OH is 1. The van der Waals surface area contributed by atoms with Crippen molar-refractivity contribution >= 4 is 21.6 Å². The molecule has 0 spiro atoms. The molecule has 1 fully saturated rings. The van der Waals surface area contributed by atoms with Crippen LogP contribution in [0.1, 0.15) is 32.3 Å². The minimum Gasteiger partial charge on any atom is -0.395 e. The number of hydrogen-bond donors (Lipinski definition) is 2. The molecule has 2 N–H and O–H groups in total. The largest absolute Gasteiger partial charge is 0.395 e. The summed E-state index contributed by atoms with van der Waals surface area (Å²) in [4.78, 5) is 2.21. The number of aliphatic hydroxyl groups is 1. The van der Waals surface area contributed by atoms with Gasteiger partial charge >= 0.3 is 0 Å². The van der Waals surface area contributed by atoms with Crippen molar-refractivity contribution in [2.75, 3.05) is 18.1 Å². The maximum atomic E-state index is 9.18. The molecule has 0 atom stereocenters. The Hall–Kier alpha value is -0.580. The molecule has 1 aliphatic carbocycles. The van der Waals surface area contributed by atoms with Crippen LogP contribution in [0.4, 0.5) is 5.69 Å². The van der Waals surface area contributed by atoms with Crippen LogP contribution >= 0.6 is 15.9 Å². The zero-order valence-corrected chi connectivity index (χ0v) is 13.3. The molecule has 1 aromatic rings. The summed E-state index contributed by atoms with van der Waals surface area (Å²) in [5, 5.41) is 12.7. The van der Waals surface area contributed by atoms with Gasteiger partial charge in [-0.25, -0.2) is 0 Å². The van der Waals surface area contributed by atoms with E-state index >= 15 is 0 Å². The van der Waals surface area contributed by atoms with Crippen LogP contribution in [0.3, 0.4) is 0 Å². The maximum absolute atomic E-state index is 9.18. The van der Waals surface area contributed by atoms with E-state index in [9.17, 15) is 5.11 Å². The summed E-state index contributed by atoms with van der Waals surface area (Å²) in [6.45, 7) is 6.06. The van der Waals surface area contributed by atoms with Crippen LogP contribution in [-0.2, 0) is 6.54 Å². The molecule has 1 aliphatic rings. The lowest BCUT2D eigenvalue weighted by Gasteiger charge is -2.29. The van der Waals surface area contributed by atoms with Crippen molar-refractivity contribution in [3.8, 4) is 0 Å². The van der Waals surface area contributed by atoms with Gasteiger partial charge in [-0.15, -0.1) is 0 Å². The first-order chi connectivity index (χ1) is 9.11. The second-order valence-electron chi connectivity index (χ2n) is 5.45. The monoisotopic (exact) mass is 326 g/mol. The van der Waals surface area contributed by atoms with E-state index < -0.39 is 0 Å². The van der Waals surface area contributed by atoms with Gasteiger partial charge in [0, 0.05) is 29.6 Å². The average molecular weight is 327 g/mol. The number of hydrogen-bond acceptors (Lipinski definition) is 3. The lowest BCUT2D eigenvalue weighted by Crippen LogP contribution is -2.33. The molecule has 1 aromatic carbocycles. The molecule has 0 saturated heterocycles. The third-order valence-corrected chi connectivity index (χ3v) is 4.09. The van der Waals surface area contributed by atoms with Crippen LogP contribution in [0.5, 0.6) is 0 Å². The van der Waals surface area contributed by atoms with E-state index in [-0.39, 0.29) is 6.61 Å². The topological polar surface area (TPSA) is 35.5 Å². The fourth-order valence-electron chi connectivity index (χ4n) is 2.21. The minimum atomic E-state index is 0.176. The summed E-state index contributed by atoms with van der Waals surface area (Å²) in [5.41, 5.74) is 2.45. The molecule has 2 rings (SSSR count). The van der Waals surface area contributed by atoms with E-state index in [0.717, 1.165) is 22.7 Å². The highest BCUT2D eigenvalue weighted by atomic mass is 79.9. The molecule has 0 heterocycles. The summed E-state index contributed by atoms with van der Waals surface area (Å²) >= 11 is 3.66. The molecule has 1 saturated carbocycles. The number of rotatable bonds is 7. The molecule has 0 radical (unpaired) electrons. The molecule has 0 bridgehead atoms. The van der Waals surface area contributed by atoms with Gasteiger partial charge in [-0.1, -0.05) is 6.07 Å². The van der Waals surface area contributed by atoms with Crippen LogP contribution in [0.2, 0.25) is 0 Å². The number of benzene rings is 1. The molecule has 4 heteroatoms. The van der Waals surface area contributed by atoms with Gasteiger partial charge < -0.3 is 15.3 Å². The van der Waals surface area contributed by atoms with Gasteiger partial charge in [0.25, 0.3) is 0 Å². The standard InChI is InChI=1S/C15H23BrN2O/c1-11(2)18(7-8-19)15-6-3-12(9-14(15)16)10-17-13-4-5-13/h3,6,9,11,13,17,19H,4-5,7-8,10H2,1-2H3. The van der Waals surface area contributed by atoms with Gasteiger partial charge in [-0.2, -0.15) is 0 Å². The first-order valence-electron chi connectivity index (χ1n) is 7.01. The summed E-state index contributed by atoms with van der Waals surface area (Å²) in [7, 11) is 0. The minimum absolute atomic E-state index is 0.176. The van der Waals surface area contributed by atoms with Crippen molar-refractivity contribution < 1.29 is 5.11 Å². The maximum Gasteiger partial charge on any atom is 0.0606 e. The summed E-state index contributed by atoms with van der Waals surface area (Å²) in [6.07, 6.45) is 2.63. The molecular formula is C15H23BrN2O. The van der Waals surface area contributed by atoms with Crippen molar-refractivity contribution in [2.45, 2.75) is 45.3 Å². The van der Waals surface area contributed by atoms with Crippen LogP contribution in [-0.4, -0.2) is 30.3 Å². The van der Waals surface area contributed by atoms with Gasteiger partial charge in [0.2, 0.25) is 0 Å². The Bertz CT molecular complexity index is 419. The average Bonchev–Trinajstić information content (AvgIpc) is 3.18. The molecule has 0 unspecified atom stereocenters. The number of nitrogens with one attached hydrogen (secondary N) is 1. The SMILES string of the molecule is CC(C)N(CCO)c1ccc(CNC2CC2)cc1Br. The van der Waals surface area contributed by atoms with Crippen molar-refractivity contribution in [2.24, 2.45) is 0 Å². The van der Waals surface area contributed by atoms with Crippen molar-refractivity contribution in [3.05, 3.63) is 28.2 Å². The Morgan fingerprint density at radius 2 is 2.16 bits per heavy atom. The molecule has 3 nitrogen and oxygen atoms in total. The van der Waals surface area contributed by atoms with E-state index in [1.165, 1.54) is 18.4 Å². The Balaban J connectivity index is 2.07. The van der Waals surface area contributed by atoms with Gasteiger partial charge in [-0.05, 0) is 60.3 Å². The summed E-state index contributed by atoms with van der Waals surface area (Å²) in [6, 6.07) is 7.60. The van der Waals surface area contributed by atoms with Crippen LogP contribution in [0, 0.1) is 0 Å². The highest BCUT2D eigenvalue weighted by Gasteiger charge is 2.20. The second kappa shape index (κ2) is 6.73. The number of halogens is 1. The zero-order chi connectivity index (χ0) is 13.8. The Morgan fingerprint density at radius 3 is 2.68 bits per heavy atom.